The number of carbonyl (C=O) groups excluding carboxylic acids is 2. The molecule has 0 spiro atoms. The SMILES string of the molecule is CCC(C)=NNC(=O)[C@@H](NC(=O)c1ccccc1)c1ccccc1. The van der Waals surface area contributed by atoms with Gasteiger partial charge in [-0.05, 0) is 31.0 Å². The Labute approximate surface area is 141 Å². The van der Waals surface area contributed by atoms with Crippen LogP contribution in [-0.4, -0.2) is 17.5 Å². The highest BCUT2D eigenvalue weighted by Crippen LogP contribution is 2.14. The molecule has 0 aliphatic carbocycles. The fraction of sp³-hybridized carbons (Fsp3) is 0.211. The number of hydrogen-bond donors (Lipinski definition) is 2. The van der Waals surface area contributed by atoms with E-state index in [4.69, 9.17) is 0 Å². The Balaban J connectivity index is 2.20. The average molecular weight is 323 g/mol. The van der Waals surface area contributed by atoms with E-state index in [1.807, 2.05) is 38.1 Å². The van der Waals surface area contributed by atoms with Gasteiger partial charge in [0.05, 0.1) is 0 Å². The molecule has 0 radical (unpaired) electrons. The molecule has 124 valence electrons. The molecule has 2 aromatic carbocycles. The third kappa shape index (κ3) is 4.78. The van der Waals surface area contributed by atoms with Crippen molar-refractivity contribution >= 4 is 17.5 Å². The molecular formula is C19H21N3O2. The van der Waals surface area contributed by atoms with Crippen LogP contribution in [0.15, 0.2) is 65.8 Å². The normalized spacial score (nSPS) is 12.3. The fourth-order valence-corrected chi connectivity index (χ4v) is 2.04. The van der Waals surface area contributed by atoms with Gasteiger partial charge in [0.15, 0.2) is 0 Å². The Hall–Kier alpha value is -2.95. The summed E-state index contributed by atoms with van der Waals surface area (Å²) in [6, 6.07) is 17.1. The second-order valence-electron chi connectivity index (χ2n) is 5.36. The maximum absolute atomic E-state index is 12.5. The molecule has 0 aliphatic heterocycles. The highest BCUT2D eigenvalue weighted by atomic mass is 16.2. The summed E-state index contributed by atoms with van der Waals surface area (Å²) < 4.78 is 0. The molecule has 0 saturated heterocycles. The van der Waals surface area contributed by atoms with Crippen LogP contribution in [0.1, 0.15) is 42.2 Å². The molecule has 2 rings (SSSR count). The van der Waals surface area contributed by atoms with E-state index in [1.54, 1.807) is 36.4 Å². The van der Waals surface area contributed by atoms with Crippen LogP contribution in [0.2, 0.25) is 0 Å². The first kappa shape index (κ1) is 17.4. The summed E-state index contributed by atoms with van der Waals surface area (Å²) in [4.78, 5) is 24.9. The van der Waals surface area contributed by atoms with Crippen molar-refractivity contribution in [1.29, 1.82) is 0 Å². The third-order valence-corrected chi connectivity index (χ3v) is 3.58. The van der Waals surface area contributed by atoms with Gasteiger partial charge in [0.25, 0.3) is 11.8 Å². The van der Waals surface area contributed by atoms with Crippen molar-refractivity contribution in [3.8, 4) is 0 Å². The summed E-state index contributed by atoms with van der Waals surface area (Å²) >= 11 is 0. The van der Waals surface area contributed by atoms with Crippen LogP contribution in [0, 0.1) is 0 Å². The maximum atomic E-state index is 12.5. The number of nitrogens with one attached hydrogen (secondary N) is 2. The summed E-state index contributed by atoms with van der Waals surface area (Å²) in [5.41, 5.74) is 4.53. The van der Waals surface area contributed by atoms with Gasteiger partial charge < -0.3 is 5.32 Å². The van der Waals surface area contributed by atoms with Crippen molar-refractivity contribution in [2.24, 2.45) is 5.10 Å². The standard InChI is InChI=1S/C19H21N3O2/c1-3-14(2)21-22-19(24)17(15-10-6-4-7-11-15)20-18(23)16-12-8-5-9-13-16/h4-13,17H,3H2,1-2H3,(H,20,23)(H,22,24)/t17-/m0/s1. The third-order valence-electron chi connectivity index (χ3n) is 3.58. The number of nitrogens with zero attached hydrogens (tertiary/aromatic N) is 1. The van der Waals surface area contributed by atoms with Crippen molar-refractivity contribution in [2.45, 2.75) is 26.3 Å². The van der Waals surface area contributed by atoms with Gasteiger partial charge >= 0.3 is 0 Å². The fourth-order valence-electron chi connectivity index (χ4n) is 2.04. The van der Waals surface area contributed by atoms with Gasteiger partial charge in [-0.15, -0.1) is 0 Å². The van der Waals surface area contributed by atoms with E-state index in [-0.39, 0.29) is 11.8 Å². The van der Waals surface area contributed by atoms with Crippen molar-refractivity contribution in [3.63, 3.8) is 0 Å². The Morgan fingerprint density at radius 2 is 1.58 bits per heavy atom. The van der Waals surface area contributed by atoms with E-state index < -0.39 is 6.04 Å². The van der Waals surface area contributed by atoms with Crippen LogP contribution in [0.25, 0.3) is 0 Å². The topological polar surface area (TPSA) is 70.6 Å². The van der Waals surface area contributed by atoms with Crippen LogP contribution in [0.5, 0.6) is 0 Å². The minimum absolute atomic E-state index is 0.309. The van der Waals surface area contributed by atoms with Gasteiger partial charge in [-0.1, -0.05) is 55.5 Å². The van der Waals surface area contributed by atoms with Gasteiger partial charge in [-0.2, -0.15) is 5.10 Å². The maximum Gasteiger partial charge on any atom is 0.267 e. The molecule has 0 fully saturated rings. The lowest BCUT2D eigenvalue weighted by Gasteiger charge is -2.17. The van der Waals surface area contributed by atoms with Crippen LogP contribution in [0.4, 0.5) is 0 Å². The van der Waals surface area contributed by atoms with Crippen LogP contribution in [-0.2, 0) is 4.79 Å². The molecule has 0 heterocycles. The molecule has 0 aliphatic rings. The van der Waals surface area contributed by atoms with Crippen LogP contribution < -0.4 is 10.7 Å². The molecule has 2 aromatic rings. The number of amides is 2. The minimum atomic E-state index is -0.813. The van der Waals surface area contributed by atoms with Crippen molar-refractivity contribution in [2.75, 3.05) is 0 Å². The number of benzene rings is 2. The number of hydrazone groups is 1. The van der Waals surface area contributed by atoms with Crippen molar-refractivity contribution < 1.29 is 9.59 Å². The predicted molar refractivity (Wildman–Crippen MR) is 94.6 cm³/mol. The lowest BCUT2D eigenvalue weighted by molar-refractivity contribution is -0.123. The summed E-state index contributed by atoms with van der Waals surface area (Å²) in [5.74, 6) is -0.686. The molecule has 2 amide bonds. The molecule has 5 heteroatoms. The van der Waals surface area contributed by atoms with E-state index in [0.717, 1.165) is 12.1 Å². The summed E-state index contributed by atoms with van der Waals surface area (Å²) in [7, 11) is 0. The first-order chi connectivity index (χ1) is 11.6. The highest BCUT2D eigenvalue weighted by molar-refractivity contribution is 5.98. The molecule has 5 nitrogen and oxygen atoms in total. The second-order valence-corrected chi connectivity index (χ2v) is 5.36. The van der Waals surface area contributed by atoms with E-state index in [9.17, 15) is 9.59 Å². The zero-order chi connectivity index (χ0) is 17.4. The smallest absolute Gasteiger partial charge is 0.267 e. The number of hydrogen-bond acceptors (Lipinski definition) is 3. The van der Waals surface area contributed by atoms with E-state index in [0.29, 0.717) is 11.1 Å². The number of rotatable bonds is 6. The van der Waals surface area contributed by atoms with Gasteiger partial charge in [0.2, 0.25) is 0 Å². The lowest BCUT2D eigenvalue weighted by atomic mass is 10.1. The van der Waals surface area contributed by atoms with Gasteiger partial charge in [0.1, 0.15) is 6.04 Å². The molecular weight excluding hydrogens is 302 g/mol. The average Bonchev–Trinajstić information content (AvgIpc) is 2.65. The zero-order valence-electron chi connectivity index (χ0n) is 13.8. The summed E-state index contributed by atoms with van der Waals surface area (Å²) in [5, 5.41) is 6.81. The van der Waals surface area contributed by atoms with Crippen molar-refractivity contribution in [1.82, 2.24) is 10.7 Å². The van der Waals surface area contributed by atoms with Gasteiger partial charge in [-0.3, -0.25) is 9.59 Å². The minimum Gasteiger partial charge on any atom is -0.336 e. The Morgan fingerprint density at radius 3 is 2.17 bits per heavy atom. The van der Waals surface area contributed by atoms with Crippen molar-refractivity contribution in [3.05, 3.63) is 71.8 Å². The molecule has 2 N–H and O–H groups in total. The van der Waals surface area contributed by atoms with E-state index in [2.05, 4.69) is 15.8 Å². The summed E-state index contributed by atoms with van der Waals surface area (Å²) in [6.07, 6.45) is 0.743. The van der Waals surface area contributed by atoms with Gasteiger partial charge in [-0.25, -0.2) is 5.43 Å². The molecule has 0 saturated carbocycles. The first-order valence-electron chi connectivity index (χ1n) is 7.85. The quantitative estimate of drug-likeness (QED) is 0.633. The predicted octanol–water partition coefficient (Wildman–Crippen LogP) is 3.06. The monoisotopic (exact) mass is 323 g/mol. The molecule has 0 aromatic heterocycles. The van der Waals surface area contributed by atoms with E-state index >= 15 is 0 Å². The first-order valence-corrected chi connectivity index (χ1v) is 7.85. The second kappa shape index (κ2) is 8.62. The zero-order valence-corrected chi connectivity index (χ0v) is 13.8. The highest BCUT2D eigenvalue weighted by Gasteiger charge is 2.23. The Bertz CT molecular complexity index is 712. The molecule has 1 atom stereocenters. The Morgan fingerprint density at radius 1 is 1.00 bits per heavy atom. The number of carbonyl (C=O) groups is 2. The largest absolute Gasteiger partial charge is 0.336 e. The summed E-state index contributed by atoms with van der Waals surface area (Å²) in [6.45, 7) is 3.79. The van der Waals surface area contributed by atoms with Gasteiger partial charge in [0, 0.05) is 11.3 Å². The molecule has 24 heavy (non-hydrogen) atoms. The molecule has 0 unspecified atom stereocenters. The van der Waals surface area contributed by atoms with Crippen LogP contribution >= 0.6 is 0 Å². The lowest BCUT2D eigenvalue weighted by Crippen LogP contribution is -2.39. The van der Waals surface area contributed by atoms with E-state index in [1.165, 1.54) is 0 Å². The van der Waals surface area contributed by atoms with Crippen LogP contribution in [0.3, 0.4) is 0 Å². The molecule has 0 bridgehead atoms. The Kier molecular flexibility index (Phi) is 6.25.